The molecule has 1 aliphatic heterocycles. The largest absolute Gasteiger partial charge is 0.384 e. The fourth-order valence-electron chi connectivity index (χ4n) is 3.39. The van der Waals surface area contributed by atoms with Gasteiger partial charge in [-0.05, 0) is 38.1 Å². The van der Waals surface area contributed by atoms with E-state index in [9.17, 15) is 4.79 Å². The van der Waals surface area contributed by atoms with E-state index in [0.717, 1.165) is 55.0 Å². The van der Waals surface area contributed by atoms with Crippen LogP contribution in [-0.4, -0.2) is 53.0 Å². The van der Waals surface area contributed by atoms with Gasteiger partial charge in [0.15, 0.2) is 0 Å². The molecule has 1 saturated heterocycles. The van der Waals surface area contributed by atoms with E-state index in [1.54, 1.807) is 0 Å². The molecule has 1 fully saturated rings. The van der Waals surface area contributed by atoms with Crippen molar-refractivity contribution in [3.05, 3.63) is 24.0 Å². The molecule has 2 aromatic rings. The number of benzene rings is 1. The van der Waals surface area contributed by atoms with Crippen molar-refractivity contribution in [1.82, 2.24) is 25.3 Å². The van der Waals surface area contributed by atoms with Crippen LogP contribution in [0.25, 0.3) is 11.0 Å². The van der Waals surface area contributed by atoms with Crippen molar-refractivity contribution in [2.75, 3.05) is 37.9 Å². The Hall–Kier alpha value is -1.83. The summed E-state index contributed by atoms with van der Waals surface area (Å²) in [5.74, 6) is 1.62. The smallest absolute Gasteiger partial charge is 0.223 e. The SMILES string of the molecule is CNN1CCC(C(=O)NCc2nc3cc(NCCCl)ccc3n2C)CC1. The first-order valence-electron chi connectivity index (χ1n) is 9.07. The molecular weight excluding hydrogens is 352 g/mol. The quantitative estimate of drug-likeness (QED) is 0.639. The molecule has 8 heteroatoms. The maximum absolute atomic E-state index is 12.5. The third-order valence-electron chi connectivity index (χ3n) is 5.00. The number of amides is 1. The Bertz CT molecular complexity index is 753. The number of anilines is 1. The van der Waals surface area contributed by atoms with Gasteiger partial charge in [-0.1, -0.05) is 0 Å². The van der Waals surface area contributed by atoms with Gasteiger partial charge < -0.3 is 15.2 Å². The molecule has 1 aromatic carbocycles. The summed E-state index contributed by atoms with van der Waals surface area (Å²) in [6.45, 7) is 2.97. The Morgan fingerprint density at radius 2 is 2.12 bits per heavy atom. The molecule has 7 nitrogen and oxygen atoms in total. The second-order valence-electron chi connectivity index (χ2n) is 6.61. The minimum absolute atomic E-state index is 0.0839. The van der Waals surface area contributed by atoms with Crippen LogP contribution in [0.5, 0.6) is 0 Å². The van der Waals surface area contributed by atoms with Crippen LogP contribution in [0.15, 0.2) is 18.2 Å². The summed E-state index contributed by atoms with van der Waals surface area (Å²) in [6, 6.07) is 6.08. The highest BCUT2D eigenvalue weighted by atomic mass is 35.5. The summed E-state index contributed by atoms with van der Waals surface area (Å²) in [7, 11) is 3.90. The van der Waals surface area contributed by atoms with E-state index in [0.29, 0.717) is 12.4 Å². The molecule has 1 aliphatic rings. The first-order chi connectivity index (χ1) is 12.6. The zero-order chi connectivity index (χ0) is 18.5. The standard InChI is InChI=1S/C18H27ClN6O/c1-20-25-9-5-13(6-10-25)18(26)22-12-17-23-15-11-14(21-8-7-19)3-4-16(15)24(17)2/h3-4,11,13,20-21H,5-10,12H2,1-2H3,(H,22,26). The van der Waals surface area contributed by atoms with Gasteiger partial charge in [0.25, 0.3) is 0 Å². The normalized spacial score (nSPS) is 16.1. The van der Waals surface area contributed by atoms with E-state index in [2.05, 4.69) is 26.1 Å². The predicted molar refractivity (Wildman–Crippen MR) is 105 cm³/mol. The Morgan fingerprint density at radius 3 is 2.81 bits per heavy atom. The van der Waals surface area contributed by atoms with E-state index in [4.69, 9.17) is 11.6 Å². The molecular formula is C18H27ClN6O. The number of imidazole rings is 1. The van der Waals surface area contributed by atoms with Gasteiger partial charge in [-0.3, -0.25) is 10.2 Å². The number of aryl methyl sites for hydroxylation is 1. The third-order valence-corrected chi connectivity index (χ3v) is 5.19. The first-order valence-corrected chi connectivity index (χ1v) is 9.61. The van der Waals surface area contributed by atoms with Crippen LogP contribution in [0.4, 0.5) is 5.69 Å². The van der Waals surface area contributed by atoms with Crippen LogP contribution < -0.4 is 16.1 Å². The molecule has 3 rings (SSSR count). The molecule has 1 amide bonds. The molecule has 0 radical (unpaired) electrons. The van der Waals surface area contributed by atoms with E-state index >= 15 is 0 Å². The van der Waals surface area contributed by atoms with Crippen molar-refractivity contribution in [2.24, 2.45) is 13.0 Å². The van der Waals surface area contributed by atoms with Gasteiger partial charge >= 0.3 is 0 Å². The average molecular weight is 379 g/mol. The van der Waals surface area contributed by atoms with Crippen LogP contribution in [0.1, 0.15) is 18.7 Å². The first kappa shape index (κ1) is 18.9. The zero-order valence-corrected chi connectivity index (χ0v) is 16.1. The number of piperidine rings is 1. The Balaban J connectivity index is 1.61. The van der Waals surface area contributed by atoms with Crippen molar-refractivity contribution in [3.63, 3.8) is 0 Å². The van der Waals surface area contributed by atoms with Gasteiger partial charge in [0, 0.05) is 44.2 Å². The lowest BCUT2D eigenvalue weighted by atomic mass is 9.97. The van der Waals surface area contributed by atoms with Gasteiger partial charge in [-0.15, -0.1) is 11.6 Å². The second-order valence-corrected chi connectivity index (χ2v) is 6.99. The lowest BCUT2D eigenvalue weighted by Crippen LogP contribution is -2.45. The van der Waals surface area contributed by atoms with Crippen LogP contribution in [-0.2, 0) is 18.4 Å². The number of hydrogen-bond acceptors (Lipinski definition) is 5. The number of rotatable bonds is 7. The number of nitrogens with one attached hydrogen (secondary N) is 3. The van der Waals surface area contributed by atoms with Crippen molar-refractivity contribution in [2.45, 2.75) is 19.4 Å². The van der Waals surface area contributed by atoms with Gasteiger partial charge in [-0.2, -0.15) is 0 Å². The van der Waals surface area contributed by atoms with E-state index in [1.807, 2.05) is 36.9 Å². The van der Waals surface area contributed by atoms with Crippen molar-refractivity contribution in [1.29, 1.82) is 0 Å². The molecule has 0 aliphatic carbocycles. The van der Waals surface area contributed by atoms with E-state index in [-0.39, 0.29) is 11.8 Å². The predicted octanol–water partition coefficient (Wildman–Crippen LogP) is 1.69. The monoisotopic (exact) mass is 378 g/mol. The van der Waals surface area contributed by atoms with E-state index < -0.39 is 0 Å². The number of alkyl halides is 1. The molecule has 1 aromatic heterocycles. The number of halogens is 1. The molecule has 0 atom stereocenters. The average Bonchev–Trinajstić information content (AvgIpc) is 2.99. The van der Waals surface area contributed by atoms with Crippen molar-refractivity contribution < 1.29 is 4.79 Å². The van der Waals surface area contributed by atoms with Gasteiger partial charge in [0.2, 0.25) is 5.91 Å². The number of hydrazine groups is 1. The van der Waals surface area contributed by atoms with Gasteiger partial charge in [0.05, 0.1) is 17.6 Å². The molecule has 0 saturated carbocycles. The fourth-order valence-corrected chi connectivity index (χ4v) is 3.48. The summed E-state index contributed by atoms with van der Waals surface area (Å²) < 4.78 is 2.03. The highest BCUT2D eigenvalue weighted by Gasteiger charge is 2.24. The maximum Gasteiger partial charge on any atom is 0.223 e. The number of carbonyl (C=O) groups is 1. The molecule has 0 spiro atoms. The highest BCUT2D eigenvalue weighted by molar-refractivity contribution is 6.18. The number of nitrogens with zero attached hydrogens (tertiary/aromatic N) is 3. The summed E-state index contributed by atoms with van der Waals surface area (Å²) in [5.41, 5.74) is 6.10. The zero-order valence-electron chi connectivity index (χ0n) is 15.4. The lowest BCUT2D eigenvalue weighted by molar-refractivity contribution is -0.126. The maximum atomic E-state index is 12.5. The summed E-state index contributed by atoms with van der Waals surface area (Å²) in [5, 5.41) is 8.46. The Labute approximate surface area is 159 Å². The summed E-state index contributed by atoms with van der Waals surface area (Å²) in [4.78, 5) is 17.1. The van der Waals surface area contributed by atoms with Crippen LogP contribution in [0.2, 0.25) is 0 Å². The number of hydrogen-bond donors (Lipinski definition) is 3. The van der Waals surface area contributed by atoms with Gasteiger partial charge in [-0.25, -0.2) is 9.99 Å². The summed E-state index contributed by atoms with van der Waals surface area (Å²) in [6.07, 6.45) is 1.76. The molecule has 0 bridgehead atoms. The van der Waals surface area contributed by atoms with Crippen LogP contribution in [0.3, 0.4) is 0 Å². The number of carbonyl (C=O) groups excluding carboxylic acids is 1. The molecule has 2 heterocycles. The van der Waals surface area contributed by atoms with Crippen molar-refractivity contribution in [3.8, 4) is 0 Å². The van der Waals surface area contributed by atoms with Gasteiger partial charge in [0.1, 0.15) is 5.82 Å². The summed E-state index contributed by atoms with van der Waals surface area (Å²) >= 11 is 5.72. The number of fused-ring (bicyclic) bond motifs is 1. The van der Waals surface area contributed by atoms with E-state index in [1.165, 1.54) is 0 Å². The second kappa shape index (κ2) is 8.70. The van der Waals surface area contributed by atoms with Crippen LogP contribution >= 0.6 is 11.6 Å². The van der Waals surface area contributed by atoms with Crippen molar-refractivity contribution >= 4 is 34.2 Å². The Kier molecular flexibility index (Phi) is 6.34. The minimum atomic E-state index is 0.0839. The fraction of sp³-hybridized carbons (Fsp3) is 0.556. The lowest BCUT2D eigenvalue weighted by Gasteiger charge is -2.30. The number of aromatic nitrogens is 2. The molecule has 142 valence electrons. The minimum Gasteiger partial charge on any atom is -0.384 e. The third kappa shape index (κ3) is 4.28. The van der Waals surface area contributed by atoms with Crippen LogP contribution in [0, 0.1) is 5.92 Å². The molecule has 26 heavy (non-hydrogen) atoms. The molecule has 0 unspecified atom stereocenters. The Morgan fingerprint density at radius 1 is 1.35 bits per heavy atom. The molecule has 3 N–H and O–H groups in total. The topological polar surface area (TPSA) is 74.2 Å². The highest BCUT2D eigenvalue weighted by Crippen LogP contribution is 2.20.